The number of hydrogen-bond acceptors (Lipinski definition) is 5. The summed E-state index contributed by atoms with van der Waals surface area (Å²) in [5, 5.41) is 1.18. The van der Waals surface area contributed by atoms with Gasteiger partial charge in [0.15, 0.2) is 0 Å². The van der Waals surface area contributed by atoms with E-state index in [0.29, 0.717) is 5.56 Å². The van der Waals surface area contributed by atoms with Crippen LogP contribution in [0.1, 0.15) is 17.3 Å². The third-order valence-corrected chi connectivity index (χ3v) is 4.62. The number of fused-ring (bicyclic) bond motifs is 1. The van der Waals surface area contributed by atoms with Gasteiger partial charge in [-0.15, -0.1) is 0 Å². The topological polar surface area (TPSA) is 84.0 Å². The number of thioether (sulfide) groups is 1. The van der Waals surface area contributed by atoms with Crippen molar-refractivity contribution in [1.29, 1.82) is 0 Å². The molecule has 0 aliphatic rings. The molecule has 0 fully saturated rings. The van der Waals surface area contributed by atoms with Crippen molar-refractivity contribution in [3.8, 4) is 0 Å². The van der Waals surface area contributed by atoms with Crippen LogP contribution in [0.4, 0.5) is 0 Å². The van der Waals surface area contributed by atoms with Crippen molar-refractivity contribution in [3.05, 3.63) is 66.5 Å². The highest BCUT2D eigenvalue weighted by Crippen LogP contribution is 2.27. The summed E-state index contributed by atoms with van der Waals surface area (Å²) in [6.45, 7) is 1.76. The van der Waals surface area contributed by atoms with Gasteiger partial charge in [0.25, 0.3) is 11.8 Å². The zero-order chi connectivity index (χ0) is 17.6. The fourth-order valence-electron chi connectivity index (χ4n) is 2.18. The molecule has 0 spiro atoms. The highest BCUT2D eigenvalue weighted by atomic mass is 32.2. The summed E-state index contributed by atoms with van der Waals surface area (Å²) in [6, 6.07) is 16.3. The van der Waals surface area contributed by atoms with Crippen LogP contribution in [0.25, 0.3) is 10.9 Å². The highest BCUT2D eigenvalue weighted by Gasteiger charge is 2.17. The number of amides is 2. The van der Waals surface area contributed by atoms with Crippen LogP contribution in [-0.4, -0.2) is 27.0 Å². The lowest BCUT2D eigenvalue weighted by Gasteiger charge is -2.13. The van der Waals surface area contributed by atoms with Gasteiger partial charge in [0.05, 0.1) is 10.8 Å². The van der Waals surface area contributed by atoms with Gasteiger partial charge in [-0.3, -0.25) is 20.4 Å². The maximum atomic E-state index is 12.2. The van der Waals surface area contributed by atoms with Gasteiger partial charge in [-0.25, -0.2) is 9.97 Å². The molecule has 2 amide bonds. The van der Waals surface area contributed by atoms with Gasteiger partial charge in [0.1, 0.15) is 11.4 Å². The third-order valence-electron chi connectivity index (χ3n) is 3.50. The molecule has 0 saturated heterocycles. The lowest BCUT2D eigenvalue weighted by Crippen LogP contribution is -2.44. The number of carbonyl (C=O) groups excluding carboxylic acids is 2. The van der Waals surface area contributed by atoms with Crippen LogP contribution in [-0.2, 0) is 4.79 Å². The Hall–Kier alpha value is -2.93. The molecule has 0 radical (unpaired) electrons. The molecule has 2 aromatic carbocycles. The number of carbonyl (C=O) groups is 2. The van der Waals surface area contributed by atoms with E-state index in [4.69, 9.17) is 0 Å². The maximum Gasteiger partial charge on any atom is 0.269 e. The van der Waals surface area contributed by atoms with Gasteiger partial charge in [0, 0.05) is 10.9 Å². The minimum absolute atomic E-state index is 0.308. The lowest BCUT2D eigenvalue weighted by atomic mass is 10.2. The first-order valence-corrected chi connectivity index (χ1v) is 8.55. The van der Waals surface area contributed by atoms with E-state index in [0.717, 1.165) is 15.9 Å². The summed E-state index contributed by atoms with van der Waals surface area (Å²) in [4.78, 5) is 32.6. The fraction of sp³-hybridized carbons (Fsp3) is 0.111. The lowest BCUT2D eigenvalue weighted by molar-refractivity contribution is -0.121. The molecule has 7 heteroatoms. The molecule has 3 aromatic rings. The Bertz CT molecular complexity index is 896. The van der Waals surface area contributed by atoms with Crippen molar-refractivity contribution >= 4 is 34.5 Å². The zero-order valence-electron chi connectivity index (χ0n) is 13.5. The molecule has 0 aliphatic heterocycles. The predicted octanol–water partition coefficient (Wildman–Crippen LogP) is 2.57. The molecule has 3 rings (SSSR count). The maximum absolute atomic E-state index is 12.2. The van der Waals surface area contributed by atoms with E-state index in [-0.39, 0.29) is 11.8 Å². The van der Waals surface area contributed by atoms with Gasteiger partial charge >= 0.3 is 0 Å². The van der Waals surface area contributed by atoms with E-state index in [1.165, 1.54) is 18.1 Å². The Morgan fingerprint density at radius 1 is 0.960 bits per heavy atom. The molecule has 0 saturated carbocycles. The van der Waals surface area contributed by atoms with Crippen LogP contribution in [0, 0.1) is 0 Å². The average Bonchev–Trinajstić information content (AvgIpc) is 2.66. The molecule has 126 valence electrons. The van der Waals surface area contributed by atoms with Crippen molar-refractivity contribution in [1.82, 2.24) is 20.8 Å². The molecule has 1 aromatic heterocycles. The van der Waals surface area contributed by atoms with Crippen molar-refractivity contribution in [2.45, 2.75) is 17.2 Å². The molecule has 6 nitrogen and oxygen atoms in total. The number of hydrogen-bond donors (Lipinski definition) is 2. The van der Waals surface area contributed by atoms with Crippen LogP contribution < -0.4 is 10.9 Å². The second-order valence-electron chi connectivity index (χ2n) is 5.27. The molecule has 25 heavy (non-hydrogen) atoms. The van der Waals surface area contributed by atoms with E-state index in [9.17, 15) is 9.59 Å². The van der Waals surface area contributed by atoms with Crippen molar-refractivity contribution in [2.75, 3.05) is 0 Å². The Labute approximate surface area is 149 Å². The summed E-state index contributed by atoms with van der Waals surface area (Å²) >= 11 is 1.31. The zero-order valence-corrected chi connectivity index (χ0v) is 14.3. The number of aromatic nitrogens is 2. The Balaban J connectivity index is 1.62. The predicted molar refractivity (Wildman–Crippen MR) is 96.9 cm³/mol. The first-order chi connectivity index (χ1) is 12.1. The van der Waals surface area contributed by atoms with E-state index >= 15 is 0 Å². The summed E-state index contributed by atoms with van der Waals surface area (Å²) in [5.41, 5.74) is 6.17. The second kappa shape index (κ2) is 7.76. The molecular formula is C18H16N4O2S. The summed E-state index contributed by atoms with van der Waals surface area (Å²) in [5.74, 6) is -0.671. The minimum atomic E-state index is -0.436. The van der Waals surface area contributed by atoms with Crippen molar-refractivity contribution < 1.29 is 9.59 Å². The van der Waals surface area contributed by atoms with Gasteiger partial charge in [0.2, 0.25) is 0 Å². The molecule has 0 aliphatic carbocycles. The minimum Gasteiger partial charge on any atom is -0.272 e. The first kappa shape index (κ1) is 16.9. The third kappa shape index (κ3) is 4.13. The highest BCUT2D eigenvalue weighted by molar-refractivity contribution is 8.00. The van der Waals surface area contributed by atoms with Gasteiger partial charge in [-0.05, 0) is 25.1 Å². The van der Waals surface area contributed by atoms with Crippen molar-refractivity contribution in [3.63, 3.8) is 0 Å². The number of nitrogens with zero attached hydrogens (tertiary/aromatic N) is 2. The molecule has 2 N–H and O–H groups in total. The van der Waals surface area contributed by atoms with Crippen LogP contribution in [0.5, 0.6) is 0 Å². The van der Waals surface area contributed by atoms with Crippen LogP contribution in [0.3, 0.4) is 0 Å². The SMILES string of the molecule is C[C@@H](Sc1ncnc2ccccc12)C(=O)NNC(=O)c1ccccc1. The van der Waals surface area contributed by atoms with Crippen molar-refractivity contribution in [2.24, 2.45) is 0 Å². The smallest absolute Gasteiger partial charge is 0.269 e. The number of para-hydroxylation sites is 1. The Morgan fingerprint density at radius 2 is 1.68 bits per heavy atom. The van der Waals surface area contributed by atoms with Crippen LogP contribution >= 0.6 is 11.8 Å². The number of nitrogens with one attached hydrogen (secondary N) is 2. The molecule has 0 bridgehead atoms. The number of benzene rings is 2. The monoisotopic (exact) mass is 352 g/mol. The molecule has 1 heterocycles. The standard InChI is InChI=1S/C18H16N4O2S/c1-12(16(23)21-22-17(24)13-7-3-2-4-8-13)25-18-14-9-5-6-10-15(14)19-11-20-18/h2-12H,1H3,(H,21,23)(H,22,24)/t12-/m1/s1. The quantitative estimate of drug-likeness (QED) is 0.428. The van der Waals surface area contributed by atoms with E-state index in [1.54, 1.807) is 31.2 Å². The average molecular weight is 352 g/mol. The Kier molecular flexibility index (Phi) is 5.25. The summed E-state index contributed by atoms with van der Waals surface area (Å²) in [6.07, 6.45) is 1.48. The van der Waals surface area contributed by atoms with E-state index < -0.39 is 5.25 Å². The van der Waals surface area contributed by atoms with Crippen LogP contribution in [0.2, 0.25) is 0 Å². The normalized spacial score (nSPS) is 11.7. The molecular weight excluding hydrogens is 336 g/mol. The van der Waals surface area contributed by atoms with Gasteiger partial charge in [-0.2, -0.15) is 0 Å². The molecule has 0 unspecified atom stereocenters. The van der Waals surface area contributed by atoms with Gasteiger partial charge in [-0.1, -0.05) is 48.2 Å². The Morgan fingerprint density at radius 3 is 2.48 bits per heavy atom. The second-order valence-corrected chi connectivity index (χ2v) is 6.59. The fourth-order valence-corrected chi connectivity index (χ4v) is 3.09. The van der Waals surface area contributed by atoms with E-state index in [1.807, 2.05) is 30.3 Å². The summed E-state index contributed by atoms with van der Waals surface area (Å²) in [7, 11) is 0. The summed E-state index contributed by atoms with van der Waals surface area (Å²) < 4.78 is 0. The van der Waals surface area contributed by atoms with E-state index in [2.05, 4.69) is 20.8 Å². The first-order valence-electron chi connectivity index (χ1n) is 7.67. The van der Waals surface area contributed by atoms with Gasteiger partial charge < -0.3 is 0 Å². The number of rotatable bonds is 4. The van der Waals surface area contributed by atoms with Crippen LogP contribution in [0.15, 0.2) is 66.0 Å². The number of hydrazine groups is 1. The largest absolute Gasteiger partial charge is 0.272 e. The molecule has 1 atom stereocenters.